The molecule has 3 heterocycles. The Bertz CT molecular complexity index is 894. The zero-order chi connectivity index (χ0) is 19.7. The fourth-order valence-corrected chi connectivity index (χ4v) is 5.34. The molecule has 0 spiro atoms. The van der Waals surface area contributed by atoms with Gasteiger partial charge in [-0.25, -0.2) is 4.79 Å². The molecule has 2 aliphatic heterocycles. The van der Waals surface area contributed by atoms with Gasteiger partial charge in [-0.2, -0.15) is 0 Å². The summed E-state index contributed by atoms with van der Waals surface area (Å²) in [5.74, 6) is 0.0589. The van der Waals surface area contributed by atoms with Crippen molar-refractivity contribution in [2.45, 2.75) is 32.4 Å². The number of benzene rings is 1. The van der Waals surface area contributed by atoms with Gasteiger partial charge in [0.2, 0.25) is 5.91 Å². The number of fused-ring (bicyclic) bond motifs is 1. The van der Waals surface area contributed by atoms with Crippen LogP contribution < -0.4 is 5.32 Å². The number of hydrogen-bond donors (Lipinski definition) is 1. The molecular weight excluding hydrogens is 394 g/mol. The van der Waals surface area contributed by atoms with Crippen LogP contribution in [0.3, 0.4) is 0 Å². The predicted molar refractivity (Wildman–Crippen MR) is 112 cm³/mol. The van der Waals surface area contributed by atoms with E-state index in [2.05, 4.69) is 23.7 Å². The van der Waals surface area contributed by atoms with Crippen LogP contribution in [0.25, 0.3) is 0 Å². The lowest BCUT2D eigenvalue weighted by atomic mass is 9.98. The Morgan fingerprint density at radius 1 is 1.21 bits per heavy atom. The van der Waals surface area contributed by atoms with Crippen molar-refractivity contribution in [1.82, 2.24) is 9.80 Å². The molecule has 1 unspecified atom stereocenters. The summed E-state index contributed by atoms with van der Waals surface area (Å²) in [6.45, 7) is 3.09. The van der Waals surface area contributed by atoms with Gasteiger partial charge in [-0.15, -0.1) is 11.3 Å². The zero-order valence-electron chi connectivity index (χ0n) is 15.5. The second kappa shape index (κ2) is 7.97. The van der Waals surface area contributed by atoms with Crippen LogP contribution in [0.1, 0.15) is 35.4 Å². The fourth-order valence-electron chi connectivity index (χ4n) is 3.68. The first kappa shape index (κ1) is 19.0. The zero-order valence-corrected chi connectivity index (χ0v) is 17.1. The molecule has 0 radical (unpaired) electrons. The topological polar surface area (TPSA) is 69.7 Å². The van der Waals surface area contributed by atoms with Gasteiger partial charge >= 0.3 is 6.03 Å². The lowest BCUT2D eigenvalue weighted by Gasteiger charge is -2.35. The van der Waals surface area contributed by atoms with Gasteiger partial charge in [0, 0.05) is 17.1 Å². The number of urea groups is 1. The Kier molecular flexibility index (Phi) is 5.41. The van der Waals surface area contributed by atoms with Crippen molar-refractivity contribution in [1.29, 1.82) is 0 Å². The Labute approximate surface area is 171 Å². The van der Waals surface area contributed by atoms with Crippen molar-refractivity contribution in [2.75, 3.05) is 17.6 Å². The second-order valence-corrected chi connectivity index (χ2v) is 8.76. The summed E-state index contributed by atoms with van der Waals surface area (Å²) in [7, 11) is 0. The summed E-state index contributed by atoms with van der Waals surface area (Å²) >= 11 is 2.80. The predicted octanol–water partition coefficient (Wildman–Crippen LogP) is 4.48. The number of nitrogens with zero attached hydrogens (tertiary/aromatic N) is 2. The molecular formula is C20H21N3O3S2. The van der Waals surface area contributed by atoms with Gasteiger partial charge in [-0.05, 0) is 47.5 Å². The molecule has 0 aliphatic carbocycles. The maximum atomic E-state index is 12.8. The molecule has 1 aromatic carbocycles. The first-order valence-corrected chi connectivity index (χ1v) is 11.1. The summed E-state index contributed by atoms with van der Waals surface area (Å²) in [6.07, 6.45) is 1.78. The summed E-state index contributed by atoms with van der Waals surface area (Å²) in [5, 5.41) is 4.87. The van der Waals surface area contributed by atoms with Crippen LogP contribution in [0.4, 0.5) is 15.3 Å². The summed E-state index contributed by atoms with van der Waals surface area (Å²) in [4.78, 5) is 40.8. The van der Waals surface area contributed by atoms with Crippen molar-refractivity contribution in [3.63, 3.8) is 0 Å². The highest BCUT2D eigenvalue weighted by atomic mass is 32.2. The van der Waals surface area contributed by atoms with Crippen LogP contribution in [0.15, 0.2) is 35.7 Å². The lowest BCUT2D eigenvalue weighted by molar-refractivity contribution is -0.125. The van der Waals surface area contributed by atoms with Crippen molar-refractivity contribution in [3.8, 4) is 0 Å². The summed E-state index contributed by atoms with van der Waals surface area (Å²) in [5.41, 5.74) is 2.82. The SMILES string of the molecule is CCC1c2ccsc2CCN1C(=O)Nc1ccc(CN2C(=O)CSC2=O)cc1. The van der Waals surface area contributed by atoms with Crippen molar-refractivity contribution < 1.29 is 14.4 Å². The highest BCUT2D eigenvalue weighted by Gasteiger charge is 2.31. The van der Waals surface area contributed by atoms with E-state index >= 15 is 0 Å². The molecule has 1 fully saturated rings. The second-order valence-electron chi connectivity index (χ2n) is 6.83. The van der Waals surface area contributed by atoms with Gasteiger partial charge in [-0.1, -0.05) is 30.8 Å². The van der Waals surface area contributed by atoms with E-state index in [1.165, 1.54) is 15.3 Å². The molecule has 0 bridgehead atoms. The number of anilines is 1. The van der Waals surface area contributed by atoms with E-state index in [9.17, 15) is 14.4 Å². The Balaban J connectivity index is 1.41. The van der Waals surface area contributed by atoms with E-state index in [0.717, 1.165) is 30.2 Å². The monoisotopic (exact) mass is 415 g/mol. The summed E-state index contributed by atoms with van der Waals surface area (Å²) in [6, 6.07) is 9.44. The fraction of sp³-hybridized carbons (Fsp3) is 0.350. The van der Waals surface area contributed by atoms with E-state index in [1.807, 2.05) is 29.2 Å². The van der Waals surface area contributed by atoms with Crippen molar-refractivity contribution in [2.24, 2.45) is 0 Å². The molecule has 4 amide bonds. The third-order valence-corrected chi connectivity index (χ3v) is 6.98. The molecule has 1 N–H and O–H groups in total. The number of nitrogens with one attached hydrogen (secondary N) is 1. The smallest absolute Gasteiger partial charge is 0.317 e. The van der Waals surface area contributed by atoms with Crippen molar-refractivity contribution >= 4 is 46.0 Å². The molecule has 1 saturated heterocycles. The molecule has 146 valence electrons. The summed E-state index contributed by atoms with van der Waals surface area (Å²) < 4.78 is 0. The van der Waals surface area contributed by atoms with Crippen LogP contribution in [-0.2, 0) is 17.8 Å². The molecule has 6 nitrogen and oxygen atoms in total. The minimum atomic E-state index is -0.203. The average molecular weight is 416 g/mol. The molecule has 8 heteroatoms. The molecule has 1 aromatic heterocycles. The normalized spacial score (nSPS) is 19.1. The number of carbonyl (C=O) groups is 3. The van der Waals surface area contributed by atoms with E-state index in [1.54, 1.807) is 11.3 Å². The Hall–Kier alpha value is -2.32. The number of carbonyl (C=O) groups excluding carboxylic acids is 3. The lowest BCUT2D eigenvalue weighted by Crippen LogP contribution is -2.41. The number of imide groups is 1. The minimum absolute atomic E-state index is 0.0993. The Morgan fingerprint density at radius 3 is 2.68 bits per heavy atom. The minimum Gasteiger partial charge on any atom is -0.317 e. The average Bonchev–Trinajstić information content (AvgIpc) is 3.30. The third kappa shape index (κ3) is 3.66. The van der Waals surface area contributed by atoms with Crippen LogP contribution in [-0.4, -0.2) is 39.3 Å². The van der Waals surface area contributed by atoms with E-state index in [0.29, 0.717) is 12.2 Å². The highest BCUT2D eigenvalue weighted by Crippen LogP contribution is 2.35. The molecule has 4 rings (SSSR count). The van der Waals surface area contributed by atoms with Crippen LogP contribution >= 0.6 is 23.1 Å². The molecule has 0 saturated carbocycles. The third-order valence-electron chi connectivity index (χ3n) is 5.13. The molecule has 2 aliphatic rings. The number of rotatable bonds is 4. The van der Waals surface area contributed by atoms with Gasteiger partial charge in [-0.3, -0.25) is 14.5 Å². The number of thiophene rings is 1. The van der Waals surface area contributed by atoms with Crippen LogP contribution in [0.2, 0.25) is 0 Å². The van der Waals surface area contributed by atoms with Gasteiger partial charge in [0.25, 0.3) is 5.24 Å². The number of amides is 4. The van der Waals surface area contributed by atoms with Gasteiger partial charge < -0.3 is 10.2 Å². The van der Waals surface area contributed by atoms with Crippen LogP contribution in [0, 0.1) is 0 Å². The first-order valence-electron chi connectivity index (χ1n) is 9.26. The van der Waals surface area contributed by atoms with Crippen molar-refractivity contribution in [3.05, 3.63) is 51.7 Å². The van der Waals surface area contributed by atoms with E-state index in [4.69, 9.17) is 0 Å². The quantitative estimate of drug-likeness (QED) is 0.799. The maximum Gasteiger partial charge on any atom is 0.322 e. The molecule has 1 atom stereocenters. The maximum absolute atomic E-state index is 12.8. The van der Waals surface area contributed by atoms with Gasteiger partial charge in [0.05, 0.1) is 18.3 Å². The highest BCUT2D eigenvalue weighted by molar-refractivity contribution is 8.14. The van der Waals surface area contributed by atoms with Crippen LogP contribution in [0.5, 0.6) is 0 Å². The standard InChI is InChI=1S/C20H21N3O3S2/c1-2-16-15-8-10-27-17(15)7-9-22(16)19(25)21-14-5-3-13(4-6-14)11-23-18(24)12-28-20(23)26/h3-6,8,10,16H,2,7,9,11-12H2,1H3,(H,21,25). The number of hydrogen-bond acceptors (Lipinski definition) is 5. The first-order chi connectivity index (χ1) is 13.6. The van der Waals surface area contributed by atoms with Gasteiger partial charge in [0.1, 0.15) is 0 Å². The number of thioether (sulfide) groups is 1. The molecule has 28 heavy (non-hydrogen) atoms. The van der Waals surface area contributed by atoms with E-state index in [-0.39, 0.29) is 35.5 Å². The van der Waals surface area contributed by atoms with E-state index < -0.39 is 0 Å². The largest absolute Gasteiger partial charge is 0.322 e. The Morgan fingerprint density at radius 2 is 2.00 bits per heavy atom. The molecule has 2 aromatic rings. The van der Waals surface area contributed by atoms with Gasteiger partial charge in [0.15, 0.2) is 0 Å².